The number of hydrogen-bond acceptors (Lipinski definition) is 3. The van der Waals surface area contributed by atoms with Gasteiger partial charge in [-0.1, -0.05) is 34.1 Å². The maximum absolute atomic E-state index is 5.54. The third-order valence-electron chi connectivity index (χ3n) is 1.91. The lowest BCUT2D eigenvalue weighted by molar-refractivity contribution is 1.11. The Morgan fingerprint density at radius 2 is 2.14 bits per heavy atom. The van der Waals surface area contributed by atoms with E-state index >= 15 is 0 Å². The number of nitrogens with two attached hydrogens (primary N) is 1. The molecule has 2 N–H and O–H groups in total. The summed E-state index contributed by atoms with van der Waals surface area (Å²) >= 11 is 4.95. The lowest BCUT2D eigenvalue weighted by Gasteiger charge is -1.98. The van der Waals surface area contributed by atoms with Gasteiger partial charge in [-0.05, 0) is 23.7 Å². The molecule has 4 heteroatoms. The number of aromatic nitrogens is 1. The maximum atomic E-state index is 5.54. The molecule has 1 aromatic carbocycles. The normalized spacial score (nSPS) is 10.4. The van der Waals surface area contributed by atoms with Gasteiger partial charge in [-0.25, -0.2) is 0 Å². The summed E-state index contributed by atoms with van der Waals surface area (Å²) in [6.07, 6.45) is 0. The van der Waals surface area contributed by atoms with E-state index in [2.05, 4.69) is 20.3 Å². The standard InChI is InChI=1S/C10H9BrN2S/c11-9-4-2-1-3-8(9)10-5-7(6-12)14-13-10/h1-5H,6,12H2. The molecule has 1 heterocycles. The average Bonchev–Trinajstić information content (AvgIpc) is 2.67. The Morgan fingerprint density at radius 3 is 2.79 bits per heavy atom. The molecule has 2 nitrogen and oxygen atoms in total. The van der Waals surface area contributed by atoms with Crippen molar-refractivity contribution in [2.75, 3.05) is 0 Å². The summed E-state index contributed by atoms with van der Waals surface area (Å²) in [6, 6.07) is 10.1. The van der Waals surface area contributed by atoms with Crippen molar-refractivity contribution in [3.05, 3.63) is 39.7 Å². The quantitative estimate of drug-likeness (QED) is 0.910. The van der Waals surface area contributed by atoms with Gasteiger partial charge in [0.15, 0.2) is 0 Å². The van der Waals surface area contributed by atoms with Gasteiger partial charge in [-0.2, -0.15) is 4.37 Å². The van der Waals surface area contributed by atoms with Crippen molar-refractivity contribution in [1.82, 2.24) is 4.37 Å². The minimum absolute atomic E-state index is 0.558. The van der Waals surface area contributed by atoms with E-state index in [9.17, 15) is 0 Å². The molecule has 0 aliphatic carbocycles. The van der Waals surface area contributed by atoms with Crippen molar-refractivity contribution in [2.45, 2.75) is 6.54 Å². The Labute approximate surface area is 95.1 Å². The molecule has 2 aromatic rings. The van der Waals surface area contributed by atoms with Crippen LogP contribution in [0, 0.1) is 0 Å². The third-order valence-corrected chi connectivity index (χ3v) is 3.41. The van der Waals surface area contributed by atoms with Gasteiger partial charge in [-0.15, -0.1) is 0 Å². The van der Waals surface area contributed by atoms with Crippen LogP contribution in [0.1, 0.15) is 4.88 Å². The fourth-order valence-electron chi connectivity index (χ4n) is 1.21. The van der Waals surface area contributed by atoms with Crippen LogP contribution in [0.2, 0.25) is 0 Å². The molecule has 0 saturated heterocycles. The van der Waals surface area contributed by atoms with Crippen LogP contribution in [-0.2, 0) is 6.54 Å². The fraction of sp³-hybridized carbons (Fsp3) is 0.100. The lowest BCUT2D eigenvalue weighted by Crippen LogP contribution is -1.91. The van der Waals surface area contributed by atoms with Crippen LogP contribution in [0.4, 0.5) is 0 Å². The Kier molecular flexibility index (Phi) is 2.96. The summed E-state index contributed by atoms with van der Waals surface area (Å²) in [7, 11) is 0. The van der Waals surface area contributed by atoms with E-state index in [0.717, 1.165) is 20.6 Å². The minimum atomic E-state index is 0.558. The first-order valence-electron chi connectivity index (χ1n) is 4.22. The molecule has 0 spiro atoms. The summed E-state index contributed by atoms with van der Waals surface area (Å²) in [5, 5.41) is 0. The maximum Gasteiger partial charge on any atom is 0.0855 e. The Balaban J connectivity index is 2.44. The first kappa shape index (κ1) is 9.83. The number of rotatable bonds is 2. The van der Waals surface area contributed by atoms with Crippen LogP contribution >= 0.6 is 27.5 Å². The molecular weight excluding hydrogens is 260 g/mol. The molecule has 0 amide bonds. The number of nitrogens with zero attached hydrogens (tertiary/aromatic N) is 1. The van der Waals surface area contributed by atoms with Crippen LogP contribution in [0.3, 0.4) is 0 Å². The second kappa shape index (κ2) is 4.21. The summed E-state index contributed by atoms with van der Waals surface area (Å²) < 4.78 is 5.41. The largest absolute Gasteiger partial charge is 0.326 e. The van der Waals surface area contributed by atoms with Gasteiger partial charge in [-0.3, -0.25) is 0 Å². The van der Waals surface area contributed by atoms with E-state index in [4.69, 9.17) is 5.73 Å². The summed E-state index contributed by atoms with van der Waals surface area (Å²) in [5.41, 5.74) is 7.64. The molecule has 0 fully saturated rings. The monoisotopic (exact) mass is 268 g/mol. The van der Waals surface area contributed by atoms with Crippen molar-refractivity contribution in [3.63, 3.8) is 0 Å². The first-order valence-corrected chi connectivity index (χ1v) is 5.78. The molecule has 14 heavy (non-hydrogen) atoms. The highest BCUT2D eigenvalue weighted by molar-refractivity contribution is 9.10. The highest BCUT2D eigenvalue weighted by Gasteiger charge is 2.05. The average molecular weight is 269 g/mol. The van der Waals surface area contributed by atoms with Crippen molar-refractivity contribution in [1.29, 1.82) is 0 Å². The van der Waals surface area contributed by atoms with Crippen LogP contribution in [0.25, 0.3) is 11.3 Å². The van der Waals surface area contributed by atoms with Gasteiger partial charge in [0.2, 0.25) is 0 Å². The SMILES string of the molecule is NCc1cc(-c2ccccc2Br)ns1. The van der Waals surface area contributed by atoms with Crippen LogP contribution < -0.4 is 5.73 Å². The minimum Gasteiger partial charge on any atom is -0.326 e. The van der Waals surface area contributed by atoms with E-state index < -0.39 is 0 Å². The number of hydrogen-bond donors (Lipinski definition) is 1. The van der Waals surface area contributed by atoms with E-state index in [1.807, 2.05) is 30.3 Å². The Hall–Kier alpha value is -0.710. The summed E-state index contributed by atoms with van der Waals surface area (Å²) in [6.45, 7) is 0.558. The Morgan fingerprint density at radius 1 is 1.36 bits per heavy atom. The molecule has 2 rings (SSSR count). The van der Waals surface area contributed by atoms with Crippen molar-refractivity contribution >= 4 is 27.5 Å². The highest BCUT2D eigenvalue weighted by atomic mass is 79.9. The van der Waals surface area contributed by atoms with E-state index in [0.29, 0.717) is 6.54 Å². The number of halogens is 1. The van der Waals surface area contributed by atoms with Gasteiger partial charge in [0.05, 0.1) is 5.69 Å². The fourth-order valence-corrected chi connectivity index (χ4v) is 2.30. The van der Waals surface area contributed by atoms with E-state index in [-0.39, 0.29) is 0 Å². The molecule has 72 valence electrons. The second-order valence-corrected chi connectivity index (χ2v) is 4.61. The zero-order chi connectivity index (χ0) is 9.97. The molecule has 0 atom stereocenters. The zero-order valence-corrected chi connectivity index (χ0v) is 9.81. The van der Waals surface area contributed by atoms with Crippen LogP contribution in [0.15, 0.2) is 34.8 Å². The molecule has 1 aromatic heterocycles. The first-order chi connectivity index (χ1) is 6.81. The van der Waals surface area contributed by atoms with Crippen LogP contribution in [-0.4, -0.2) is 4.37 Å². The van der Waals surface area contributed by atoms with Crippen LogP contribution in [0.5, 0.6) is 0 Å². The van der Waals surface area contributed by atoms with Crippen molar-refractivity contribution in [3.8, 4) is 11.3 Å². The van der Waals surface area contributed by atoms with Gasteiger partial charge in [0.25, 0.3) is 0 Å². The third kappa shape index (κ3) is 1.87. The van der Waals surface area contributed by atoms with E-state index in [1.165, 1.54) is 11.5 Å². The molecule has 0 aliphatic heterocycles. The highest BCUT2D eigenvalue weighted by Crippen LogP contribution is 2.28. The Bertz CT molecular complexity index is 439. The second-order valence-electron chi connectivity index (χ2n) is 2.86. The van der Waals surface area contributed by atoms with Gasteiger partial charge in [0, 0.05) is 21.5 Å². The summed E-state index contributed by atoms with van der Waals surface area (Å²) in [4.78, 5) is 1.11. The zero-order valence-electron chi connectivity index (χ0n) is 7.40. The molecule has 0 unspecified atom stereocenters. The van der Waals surface area contributed by atoms with Crippen molar-refractivity contribution < 1.29 is 0 Å². The van der Waals surface area contributed by atoms with E-state index in [1.54, 1.807) is 0 Å². The van der Waals surface area contributed by atoms with Gasteiger partial charge < -0.3 is 5.73 Å². The smallest absolute Gasteiger partial charge is 0.0855 e. The predicted octanol–water partition coefficient (Wildman–Crippen LogP) is 3.03. The molecule has 0 bridgehead atoms. The molecular formula is C10H9BrN2S. The van der Waals surface area contributed by atoms with Gasteiger partial charge in [0.1, 0.15) is 0 Å². The topological polar surface area (TPSA) is 38.9 Å². The predicted molar refractivity (Wildman–Crippen MR) is 63.1 cm³/mol. The molecule has 0 radical (unpaired) electrons. The van der Waals surface area contributed by atoms with Gasteiger partial charge >= 0.3 is 0 Å². The summed E-state index contributed by atoms with van der Waals surface area (Å²) in [5.74, 6) is 0. The van der Waals surface area contributed by atoms with Crippen molar-refractivity contribution in [2.24, 2.45) is 5.73 Å². The molecule has 0 saturated carbocycles. The molecule has 0 aliphatic rings. The lowest BCUT2D eigenvalue weighted by atomic mass is 10.1. The number of benzene rings is 1.